The highest BCUT2D eigenvalue weighted by atomic mass is 79.9. The zero-order valence-electron chi connectivity index (χ0n) is 11.2. The molecule has 1 aliphatic rings. The average Bonchev–Trinajstić information content (AvgIpc) is 2.87. The van der Waals surface area contributed by atoms with E-state index < -0.39 is 0 Å². The minimum absolute atomic E-state index is 0.202. The maximum absolute atomic E-state index is 13.2. The Morgan fingerprint density at radius 2 is 2.16 bits per heavy atom. The summed E-state index contributed by atoms with van der Waals surface area (Å²) in [6.07, 6.45) is 5.87. The number of hydrogen-bond acceptors (Lipinski definition) is 2. The molecule has 1 aliphatic heterocycles. The van der Waals surface area contributed by atoms with Crippen molar-refractivity contribution in [1.82, 2.24) is 0 Å². The molecular weight excluding hydrogens is 311 g/mol. The van der Waals surface area contributed by atoms with Crippen LogP contribution in [0, 0.1) is 5.82 Å². The molecule has 2 atom stereocenters. The van der Waals surface area contributed by atoms with Gasteiger partial charge in [-0.05, 0) is 55.9 Å². The Hall–Kier alpha value is -0.610. The first-order valence-electron chi connectivity index (χ1n) is 6.76. The first-order chi connectivity index (χ1) is 9.22. The molecule has 0 radical (unpaired) electrons. The van der Waals surface area contributed by atoms with Crippen LogP contribution in [0.1, 0.15) is 31.2 Å². The molecular formula is C15H20BrFO2. The van der Waals surface area contributed by atoms with Crippen molar-refractivity contribution >= 4 is 15.9 Å². The second kappa shape index (κ2) is 7.25. The fourth-order valence-corrected chi connectivity index (χ4v) is 3.04. The van der Waals surface area contributed by atoms with Gasteiger partial charge in [0, 0.05) is 5.33 Å². The molecule has 1 heterocycles. The van der Waals surface area contributed by atoms with Crippen LogP contribution >= 0.6 is 15.9 Å². The Kier molecular flexibility index (Phi) is 5.64. The molecule has 1 aromatic carbocycles. The highest BCUT2D eigenvalue weighted by molar-refractivity contribution is 9.09. The third-order valence-corrected chi connectivity index (χ3v) is 4.30. The fourth-order valence-electron chi connectivity index (χ4n) is 2.57. The smallest absolute Gasteiger partial charge is 0.123 e. The Labute approximate surface area is 122 Å². The van der Waals surface area contributed by atoms with Gasteiger partial charge >= 0.3 is 0 Å². The van der Waals surface area contributed by atoms with Gasteiger partial charge in [0.2, 0.25) is 0 Å². The van der Waals surface area contributed by atoms with Crippen molar-refractivity contribution in [3.8, 4) is 5.75 Å². The second-order valence-corrected chi connectivity index (χ2v) is 5.61. The van der Waals surface area contributed by atoms with Crippen LogP contribution in [0.5, 0.6) is 5.75 Å². The van der Waals surface area contributed by atoms with Crippen LogP contribution in [0.2, 0.25) is 0 Å². The van der Waals surface area contributed by atoms with E-state index in [-0.39, 0.29) is 5.82 Å². The summed E-state index contributed by atoms with van der Waals surface area (Å²) in [7, 11) is 1.62. The lowest BCUT2D eigenvalue weighted by molar-refractivity contribution is 0.0530. The van der Waals surface area contributed by atoms with E-state index >= 15 is 0 Å². The zero-order chi connectivity index (χ0) is 13.7. The number of ether oxygens (including phenoxy) is 2. The van der Waals surface area contributed by atoms with Crippen molar-refractivity contribution < 1.29 is 13.9 Å². The molecule has 4 heteroatoms. The van der Waals surface area contributed by atoms with Gasteiger partial charge in [-0.25, -0.2) is 4.39 Å². The van der Waals surface area contributed by atoms with Crippen LogP contribution in [-0.4, -0.2) is 24.6 Å². The highest BCUT2D eigenvalue weighted by Crippen LogP contribution is 2.26. The molecule has 0 aliphatic carbocycles. The zero-order valence-corrected chi connectivity index (χ0v) is 12.8. The van der Waals surface area contributed by atoms with Crippen LogP contribution < -0.4 is 4.74 Å². The normalized spacial score (nSPS) is 22.7. The predicted molar refractivity (Wildman–Crippen MR) is 77.6 cm³/mol. The number of benzene rings is 1. The van der Waals surface area contributed by atoms with Gasteiger partial charge in [0.1, 0.15) is 11.6 Å². The minimum Gasteiger partial charge on any atom is -0.496 e. The van der Waals surface area contributed by atoms with Gasteiger partial charge in [-0.15, -0.1) is 0 Å². The summed E-state index contributed by atoms with van der Waals surface area (Å²) >= 11 is 3.45. The quantitative estimate of drug-likeness (QED) is 0.731. The van der Waals surface area contributed by atoms with Crippen molar-refractivity contribution in [3.63, 3.8) is 0 Å². The summed E-state index contributed by atoms with van der Waals surface area (Å²) in [5, 5.41) is 0.918. The summed E-state index contributed by atoms with van der Waals surface area (Å²) in [4.78, 5) is 0. The van der Waals surface area contributed by atoms with E-state index in [0.717, 1.165) is 48.7 Å². The molecule has 1 aromatic rings. The largest absolute Gasteiger partial charge is 0.496 e. The molecule has 0 N–H and O–H groups in total. The van der Waals surface area contributed by atoms with Gasteiger partial charge in [0.05, 0.1) is 19.3 Å². The summed E-state index contributed by atoms with van der Waals surface area (Å²) in [5.41, 5.74) is 0.942. The summed E-state index contributed by atoms with van der Waals surface area (Å²) in [5.74, 6) is 0.569. The van der Waals surface area contributed by atoms with Crippen LogP contribution in [0.4, 0.5) is 4.39 Å². The number of methoxy groups -OCH3 is 1. The van der Waals surface area contributed by atoms with Gasteiger partial charge in [0.25, 0.3) is 0 Å². The summed E-state index contributed by atoms with van der Waals surface area (Å²) in [6.45, 7) is 0. The van der Waals surface area contributed by atoms with Gasteiger partial charge in [-0.1, -0.05) is 15.9 Å². The highest BCUT2D eigenvalue weighted by Gasteiger charge is 2.23. The molecule has 0 unspecified atom stereocenters. The standard InChI is InChI=1S/C15H20BrFO2/c1-18-15-8-5-12(17)9-11(15)3-2-4-13-6-7-14(10-16)19-13/h5,8-9,13-14H,2-4,6-7,10H2,1H3/t13-,14+/m1/s1. The number of rotatable bonds is 6. The van der Waals surface area contributed by atoms with E-state index in [1.54, 1.807) is 19.2 Å². The minimum atomic E-state index is -0.202. The van der Waals surface area contributed by atoms with Crippen molar-refractivity contribution in [1.29, 1.82) is 0 Å². The summed E-state index contributed by atoms with van der Waals surface area (Å²) < 4.78 is 24.4. The molecule has 0 aromatic heterocycles. The number of halogens is 2. The summed E-state index contributed by atoms with van der Waals surface area (Å²) in [6, 6.07) is 4.69. The molecule has 2 nitrogen and oxygen atoms in total. The Morgan fingerprint density at radius 3 is 2.84 bits per heavy atom. The third-order valence-electron chi connectivity index (χ3n) is 3.58. The lowest BCUT2D eigenvalue weighted by Gasteiger charge is -2.13. The topological polar surface area (TPSA) is 18.5 Å². The van der Waals surface area contributed by atoms with E-state index in [1.807, 2.05) is 0 Å². The van der Waals surface area contributed by atoms with Crippen molar-refractivity contribution in [2.45, 2.75) is 44.3 Å². The molecule has 106 valence electrons. The molecule has 19 heavy (non-hydrogen) atoms. The van der Waals surface area contributed by atoms with E-state index in [2.05, 4.69) is 15.9 Å². The van der Waals surface area contributed by atoms with Crippen molar-refractivity contribution in [2.75, 3.05) is 12.4 Å². The van der Waals surface area contributed by atoms with Crippen molar-refractivity contribution in [3.05, 3.63) is 29.6 Å². The lowest BCUT2D eigenvalue weighted by Crippen LogP contribution is -2.12. The monoisotopic (exact) mass is 330 g/mol. The van der Waals surface area contributed by atoms with E-state index in [9.17, 15) is 4.39 Å². The number of aryl methyl sites for hydroxylation is 1. The predicted octanol–water partition coefficient (Wildman–Crippen LogP) is 4.10. The second-order valence-electron chi connectivity index (χ2n) is 4.96. The Morgan fingerprint density at radius 1 is 1.37 bits per heavy atom. The SMILES string of the molecule is COc1ccc(F)cc1CCC[C@@H]1CC[C@@H](CBr)O1. The first kappa shape index (κ1) is 14.8. The molecule has 0 spiro atoms. The van der Waals surface area contributed by atoms with Crippen LogP contribution in [0.15, 0.2) is 18.2 Å². The third kappa shape index (κ3) is 4.18. The van der Waals surface area contributed by atoms with Gasteiger partial charge in [0.15, 0.2) is 0 Å². The average molecular weight is 331 g/mol. The molecule has 2 rings (SSSR count). The first-order valence-corrected chi connectivity index (χ1v) is 7.89. The van der Waals surface area contributed by atoms with E-state index in [1.165, 1.54) is 6.07 Å². The van der Waals surface area contributed by atoms with E-state index in [0.29, 0.717) is 12.2 Å². The van der Waals surface area contributed by atoms with Gasteiger partial charge in [-0.2, -0.15) is 0 Å². The lowest BCUT2D eigenvalue weighted by atomic mass is 10.0. The Balaban J connectivity index is 1.81. The molecule has 0 saturated carbocycles. The molecule has 1 saturated heterocycles. The van der Waals surface area contributed by atoms with Crippen LogP contribution in [0.25, 0.3) is 0 Å². The van der Waals surface area contributed by atoms with Gasteiger partial charge in [-0.3, -0.25) is 0 Å². The molecule has 0 bridgehead atoms. The van der Waals surface area contributed by atoms with Gasteiger partial charge < -0.3 is 9.47 Å². The van der Waals surface area contributed by atoms with E-state index in [4.69, 9.17) is 9.47 Å². The number of alkyl halides is 1. The maximum atomic E-state index is 13.2. The van der Waals surface area contributed by atoms with Crippen LogP contribution in [-0.2, 0) is 11.2 Å². The molecule has 1 fully saturated rings. The van der Waals surface area contributed by atoms with Crippen molar-refractivity contribution in [2.24, 2.45) is 0 Å². The fraction of sp³-hybridized carbons (Fsp3) is 0.600. The maximum Gasteiger partial charge on any atom is 0.123 e. The molecule has 0 amide bonds. The Bertz CT molecular complexity index is 411. The van der Waals surface area contributed by atoms with Crippen LogP contribution in [0.3, 0.4) is 0 Å². The number of hydrogen-bond donors (Lipinski definition) is 0.